The zero-order chi connectivity index (χ0) is 13.3. The fourth-order valence-electron chi connectivity index (χ4n) is 1.94. The summed E-state index contributed by atoms with van der Waals surface area (Å²) < 4.78 is 0.0228. The molecule has 0 spiro atoms. The second-order valence-corrected chi connectivity index (χ2v) is 7.43. The highest BCUT2D eigenvalue weighted by Crippen LogP contribution is 2.31. The van der Waals surface area contributed by atoms with Crippen LogP contribution in [-0.2, 0) is 9.59 Å². The number of carboxylic acid groups (broad SMARTS) is 1. The van der Waals surface area contributed by atoms with Crippen molar-refractivity contribution in [3.05, 3.63) is 0 Å². The van der Waals surface area contributed by atoms with E-state index in [4.69, 9.17) is 0 Å². The van der Waals surface area contributed by atoms with Gasteiger partial charge in [0.05, 0.1) is 5.75 Å². The van der Waals surface area contributed by atoms with Crippen molar-refractivity contribution in [1.82, 2.24) is 4.90 Å². The summed E-state index contributed by atoms with van der Waals surface area (Å²) in [5, 5.41) is 9.22. The number of carbonyl (C=O) groups excluding carboxylic acids is 1. The van der Waals surface area contributed by atoms with E-state index in [9.17, 15) is 14.7 Å². The Morgan fingerprint density at radius 1 is 1.41 bits per heavy atom. The first-order chi connectivity index (χ1) is 7.67. The van der Waals surface area contributed by atoms with Gasteiger partial charge in [-0.05, 0) is 19.8 Å². The summed E-state index contributed by atoms with van der Waals surface area (Å²) in [7, 11) is 0. The van der Waals surface area contributed by atoms with Gasteiger partial charge in [-0.1, -0.05) is 20.8 Å². The number of hydrogen-bond acceptors (Lipinski definition) is 3. The van der Waals surface area contributed by atoms with Crippen molar-refractivity contribution in [2.45, 2.75) is 50.8 Å². The fourth-order valence-corrected chi connectivity index (χ4v) is 2.65. The van der Waals surface area contributed by atoms with Crippen LogP contribution in [0.5, 0.6) is 0 Å². The van der Waals surface area contributed by atoms with Gasteiger partial charge >= 0.3 is 5.97 Å². The minimum atomic E-state index is -1.00. The second-order valence-electron chi connectivity index (χ2n) is 5.63. The molecule has 17 heavy (non-hydrogen) atoms. The summed E-state index contributed by atoms with van der Waals surface area (Å²) in [6, 6.07) is 0. The van der Waals surface area contributed by atoms with Gasteiger partial charge in [-0.15, -0.1) is 11.8 Å². The van der Waals surface area contributed by atoms with Crippen molar-refractivity contribution in [2.75, 3.05) is 12.3 Å². The third-order valence-electron chi connectivity index (χ3n) is 3.03. The number of thioether (sulfide) groups is 1. The Hall–Kier alpha value is -0.710. The highest BCUT2D eigenvalue weighted by atomic mass is 32.2. The van der Waals surface area contributed by atoms with Gasteiger partial charge < -0.3 is 10.0 Å². The molecule has 0 radical (unpaired) electrons. The maximum Gasteiger partial charge on any atom is 0.329 e. The van der Waals surface area contributed by atoms with Crippen LogP contribution in [0.3, 0.4) is 0 Å². The fraction of sp³-hybridized carbons (Fsp3) is 0.833. The van der Waals surface area contributed by atoms with Crippen LogP contribution in [0.15, 0.2) is 0 Å². The van der Waals surface area contributed by atoms with Crippen molar-refractivity contribution < 1.29 is 14.7 Å². The van der Waals surface area contributed by atoms with E-state index in [0.29, 0.717) is 18.7 Å². The van der Waals surface area contributed by atoms with E-state index in [1.807, 2.05) is 20.8 Å². The summed E-state index contributed by atoms with van der Waals surface area (Å²) in [6.45, 7) is 8.34. The molecule has 98 valence electrons. The molecule has 0 aliphatic carbocycles. The van der Waals surface area contributed by atoms with Crippen LogP contribution in [-0.4, -0.2) is 44.5 Å². The molecule has 0 aromatic carbocycles. The van der Waals surface area contributed by atoms with E-state index in [1.54, 1.807) is 18.7 Å². The van der Waals surface area contributed by atoms with Gasteiger partial charge in [0.15, 0.2) is 0 Å². The van der Waals surface area contributed by atoms with Crippen LogP contribution in [0.1, 0.15) is 40.5 Å². The van der Waals surface area contributed by atoms with Gasteiger partial charge in [-0.25, -0.2) is 4.79 Å². The van der Waals surface area contributed by atoms with Crippen molar-refractivity contribution in [2.24, 2.45) is 0 Å². The van der Waals surface area contributed by atoms with Gasteiger partial charge in [0, 0.05) is 11.3 Å². The number of hydrogen-bond donors (Lipinski definition) is 1. The van der Waals surface area contributed by atoms with Crippen LogP contribution < -0.4 is 0 Å². The van der Waals surface area contributed by atoms with Crippen molar-refractivity contribution in [1.29, 1.82) is 0 Å². The predicted molar refractivity (Wildman–Crippen MR) is 69.2 cm³/mol. The standard InChI is InChI=1S/C12H21NO3S/c1-11(2,3)17-8-9(14)13-7-5-6-12(13,4)10(15)16/h5-8H2,1-4H3,(H,15,16). The van der Waals surface area contributed by atoms with Crippen molar-refractivity contribution in [3.63, 3.8) is 0 Å². The molecule has 1 aliphatic heterocycles. The highest BCUT2D eigenvalue weighted by molar-refractivity contribution is 8.01. The number of nitrogens with zero attached hydrogens (tertiary/aromatic N) is 1. The molecule has 0 aromatic heterocycles. The molecule has 1 amide bonds. The molecule has 1 aliphatic rings. The molecule has 0 bridgehead atoms. The molecule has 0 aromatic rings. The normalized spacial score (nSPS) is 25.1. The van der Waals surface area contributed by atoms with E-state index in [-0.39, 0.29) is 10.7 Å². The lowest BCUT2D eigenvalue weighted by atomic mass is 9.99. The van der Waals surface area contributed by atoms with Crippen molar-refractivity contribution >= 4 is 23.6 Å². The Morgan fingerprint density at radius 3 is 2.47 bits per heavy atom. The second kappa shape index (κ2) is 4.88. The third kappa shape index (κ3) is 3.37. The monoisotopic (exact) mass is 259 g/mol. The number of rotatable bonds is 3. The molecular formula is C12H21NO3S. The van der Waals surface area contributed by atoms with Gasteiger partial charge in [0.25, 0.3) is 0 Å². The maximum atomic E-state index is 12.1. The third-order valence-corrected chi connectivity index (χ3v) is 4.29. The summed E-state index contributed by atoms with van der Waals surface area (Å²) in [5.41, 5.74) is -1.00. The number of likely N-dealkylation sites (tertiary alicyclic amines) is 1. The minimum Gasteiger partial charge on any atom is -0.480 e. The maximum absolute atomic E-state index is 12.1. The topological polar surface area (TPSA) is 57.6 Å². The first-order valence-electron chi connectivity index (χ1n) is 5.85. The van der Waals surface area contributed by atoms with Gasteiger partial charge in [-0.2, -0.15) is 0 Å². The minimum absolute atomic E-state index is 0.0228. The number of amides is 1. The number of aliphatic carboxylic acids is 1. The lowest BCUT2D eigenvalue weighted by molar-refractivity contribution is -0.154. The zero-order valence-electron chi connectivity index (χ0n) is 10.9. The van der Waals surface area contributed by atoms with Crippen LogP contribution in [0.25, 0.3) is 0 Å². The van der Waals surface area contributed by atoms with Crippen LogP contribution in [0.4, 0.5) is 0 Å². The highest BCUT2D eigenvalue weighted by Gasteiger charge is 2.45. The molecule has 1 N–H and O–H groups in total. The lowest BCUT2D eigenvalue weighted by Crippen LogP contribution is -2.51. The summed E-state index contributed by atoms with van der Waals surface area (Å²) in [6.07, 6.45) is 1.32. The molecule has 4 nitrogen and oxygen atoms in total. The molecular weight excluding hydrogens is 238 g/mol. The Morgan fingerprint density at radius 2 is 2.00 bits per heavy atom. The van der Waals surface area contributed by atoms with Crippen LogP contribution in [0.2, 0.25) is 0 Å². The first-order valence-corrected chi connectivity index (χ1v) is 6.83. The SMILES string of the molecule is CC(C)(C)SCC(=O)N1CCCC1(C)C(=O)O. The predicted octanol–water partition coefficient (Wildman–Crippen LogP) is 1.98. The average Bonchev–Trinajstić information content (AvgIpc) is 2.57. The van der Waals surface area contributed by atoms with E-state index in [2.05, 4.69) is 0 Å². The molecule has 1 fully saturated rings. The summed E-state index contributed by atoms with van der Waals surface area (Å²) in [5.74, 6) is -0.608. The quantitative estimate of drug-likeness (QED) is 0.842. The molecule has 1 unspecified atom stereocenters. The molecule has 5 heteroatoms. The molecule has 1 rings (SSSR count). The number of carboxylic acids is 1. The Kier molecular flexibility index (Phi) is 4.12. The van der Waals surface area contributed by atoms with E-state index >= 15 is 0 Å². The largest absolute Gasteiger partial charge is 0.480 e. The zero-order valence-corrected chi connectivity index (χ0v) is 11.8. The van der Waals surface area contributed by atoms with E-state index < -0.39 is 11.5 Å². The van der Waals surface area contributed by atoms with Crippen LogP contribution in [0, 0.1) is 0 Å². The molecule has 0 saturated carbocycles. The van der Waals surface area contributed by atoms with Gasteiger partial charge in [-0.3, -0.25) is 4.79 Å². The Bertz CT molecular complexity index is 324. The van der Waals surface area contributed by atoms with E-state index in [0.717, 1.165) is 6.42 Å². The van der Waals surface area contributed by atoms with E-state index in [1.165, 1.54) is 4.90 Å². The van der Waals surface area contributed by atoms with Gasteiger partial charge in [0.2, 0.25) is 5.91 Å². The summed E-state index contributed by atoms with van der Waals surface area (Å²) >= 11 is 1.56. The summed E-state index contributed by atoms with van der Waals surface area (Å²) in [4.78, 5) is 24.8. The molecule has 1 saturated heterocycles. The Labute approximate surface area is 107 Å². The van der Waals surface area contributed by atoms with Crippen LogP contribution >= 0.6 is 11.8 Å². The smallest absolute Gasteiger partial charge is 0.329 e. The lowest BCUT2D eigenvalue weighted by Gasteiger charge is -2.32. The number of carbonyl (C=O) groups is 2. The van der Waals surface area contributed by atoms with Crippen molar-refractivity contribution in [3.8, 4) is 0 Å². The first kappa shape index (κ1) is 14.4. The average molecular weight is 259 g/mol. The Balaban J connectivity index is 2.66. The van der Waals surface area contributed by atoms with Gasteiger partial charge in [0.1, 0.15) is 5.54 Å². The molecule has 1 heterocycles. The molecule has 1 atom stereocenters.